The second-order valence-electron chi connectivity index (χ2n) is 6.74. The molecule has 7 heteroatoms. The zero-order valence-electron chi connectivity index (χ0n) is 17.0. The molecule has 30 heavy (non-hydrogen) atoms. The molecule has 1 atom stereocenters. The highest BCUT2D eigenvalue weighted by Gasteiger charge is 2.18. The van der Waals surface area contributed by atoms with Gasteiger partial charge in [-0.25, -0.2) is 4.79 Å². The monoisotopic (exact) mass is 408 g/mol. The summed E-state index contributed by atoms with van der Waals surface area (Å²) in [6.07, 6.45) is 0.746. The lowest BCUT2D eigenvalue weighted by atomic mass is 10.1. The summed E-state index contributed by atoms with van der Waals surface area (Å²) in [5.41, 5.74) is 0.672. The average Bonchev–Trinajstić information content (AvgIpc) is 2.75. The summed E-state index contributed by atoms with van der Waals surface area (Å²) in [6.45, 7) is 3.88. The Bertz CT molecular complexity index is 1090. The van der Waals surface area contributed by atoms with Gasteiger partial charge in [-0.05, 0) is 37.6 Å². The van der Waals surface area contributed by atoms with E-state index in [1.54, 1.807) is 44.3 Å². The zero-order valence-corrected chi connectivity index (χ0v) is 17.0. The Morgan fingerprint density at radius 1 is 1.03 bits per heavy atom. The summed E-state index contributed by atoms with van der Waals surface area (Å²) in [6, 6.07) is 16.3. The van der Waals surface area contributed by atoms with E-state index in [1.165, 1.54) is 4.57 Å². The van der Waals surface area contributed by atoms with Crippen molar-refractivity contribution >= 4 is 22.6 Å². The number of hydrogen-bond acceptors (Lipinski definition) is 5. The second kappa shape index (κ2) is 9.73. The predicted molar refractivity (Wildman–Crippen MR) is 113 cm³/mol. The number of aromatic nitrogens is 1. The van der Waals surface area contributed by atoms with E-state index in [4.69, 9.17) is 9.47 Å². The first-order chi connectivity index (χ1) is 14.5. The molecular formula is C23H24N2O5. The van der Waals surface area contributed by atoms with Crippen LogP contribution in [0, 0.1) is 0 Å². The highest BCUT2D eigenvalue weighted by atomic mass is 16.6. The van der Waals surface area contributed by atoms with Crippen LogP contribution in [0.3, 0.4) is 0 Å². The normalized spacial score (nSPS) is 11.7. The minimum atomic E-state index is -0.804. The van der Waals surface area contributed by atoms with E-state index in [2.05, 4.69) is 5.32 Å². The molecule has 0 aliphatic carbocycles. The van der Waals surface area contributed by atoms with Crippen LogP contribution in [0.2, 0.25) is 0 Å². The SMILES string of the molecule is CCOC(=O)[C@H](C)Oc1cccc2c(=O)n(CC(=O)NCc3ccccc3)ccc12. The number of ether oxygens (including phenoxy) is 2. The molecule has 0 spiro atoms. The summed E-state index contributed by atoms with van der Waals surface area (Å²) in [4.78, 5) is 37.0. The Hall–Kier alpha value is -3.61. The van der Waals surface area contributed by atoms with Gasteiger partial charge in [0.05, 0.1) is 12.0 Å². The molecule has 2 aromatic carbocycles. The molecule has 1 heterocycles. The molecule has 7 nitrogen and oxygen atoms in total. The van der Waals surface area contributed by atoms with E-state index >= 15 is 0 Å². The summed E-state index contributed by atoms with van der Waals surface area (Å²) < 4.78 is 12.0. The minimum Gasteiger partial charge on any atom is -0.478 e. The van der Waals surface area contributed by atoms with Crippen molar-refractivity contribution in [3.05, 3.63) is 76.7 Å². The van der Waals surface area contributed by atoms with Crippen molar-refractivity contribution in [1.29, 1.82) is 0 Å². The van der Waals surface area contributed by atoms with Gasteiger partial charge in [-0.2, -0.15) is 0 Å². The van der Waals surface area contributed by atoms with Crippen LogP contribution in [-0.4, -0.2) is 29.2 Å². The van der Waals surface area contributed by atoms with Crippen LogP contribution in [0.15, 0.2) is 65.6 Å². The molecule has 1 aromatic heterocycles. The maximum Gasteiger partial charge on any atom is 0.347 e. The highest BCUT2D eigenvalue weighted by Crippen LogP contribution is 2.24. The van der Waals surface area contributed by atoms with Crippen LogP contribution in [0.5, 0.6) is 5.75 Å². The molecule has 0 aliphatic rings. The van der Waals surface area contributed by atoms with Crippen LogP contribution in [0.25, 0.3) is 10.8 Å². The molecule has 1 N–H and O–H groups in total. The van der Waals surface area contributed by atoms with E-state index in [1.807, 2.05) is 30.3 Å². The summed E-state index contributed by atoms with van der Waals surface area (Å²) in [7, 11) is 0. The van der Waals surface area contributed by atoms with Gasteiger partial charge >= 0.3 is 5.97 Å². The lowest BCUT2D eigenvalue weighted by Crippen LogP contribution is -2.31. The van der Waals surface area contributed by atoms with Crippen molar-refractivity contribution in [3.63, 3.8) is 0 Å². The molecule has 0 unspecified atom stereocenters. The van der Waals surface area contributed by atoms with E-state index in [-0.39, 0.29) is 24.6 Å². The van der Waals surface area contributed by atoms with Gasteiger partial charge in [0.2, 0.25) is 5.91 Å². The molecule has 0 aliphatic heterocycles. The first-order valence-electron chi connectivity index (χ1n) is 9.75. The molecular weight excluding hydrogens is 384 g/mol. The van der Waals surface area contributed by atoms with E-state index < -0.39 is 12.1 Å². The standard InChI is InChI=1S/C23H24N2O5/c1-3-29-23(28)16(2)30-20-11-7-10-19-18(20)12-13-25(22(19)27)15-21(26)24-14-17-8-5-4-6-9-17/h4-13,16H,3,14-15H2,1-2H3,(H,24,26)/t16-/m0/s1. The topological polar surface area (TPSA) is 86.6 Å². The van der Waals surface area contributed by atoms with E-state index in [9.17, 15) is 14.4 Å². The van der Waals surface area contributed by atoms with Crippen LogP contribution >= 0.6 is 0 Å². The molecule has 156 valence electrons. The molecule has 3 rings (SSSR count). The first-order valence-corrected chi connectivity index (χ1v) is 9.75. The Morgan fingerprint density at radius 3 is 2.53 bits per heavy atom. The molecule has 0 bridgehead atoms. The summed E-state index contributed by atoms with van der Waals surface area (Å²) >= 11 is 0. The first kappa shape index (κ1) is 21.1. The quantitative estimate of drug-likeness (QED) is 0.579. The van der Waals surface area contributed by atoms with Crippen molar-refractivity contribution in [1.82, 2.24) is 9.88 Å². The Labute approximate surface area is 174 Å². The fraction of sp³-hybridized carbons (Fsp3) is 0.261. The van der Waals surface area contributed by atoms with Gasteiger partial charge in [-0.1, -0.05) is 36.4 Å². The number of benzene rings is 2. The number of fused-ring (bicyclic) bond motifs is 1. The largest absolute Gasteiger partial charge is 0.478 e. The molecule has 1 amide bonds. The van der Waals surface area contributed by atoms with Gasteiger partial charge in [0.15, 0.2) is 6.10 Å². The Morgan fingerprint density at radius 2 is 1.80 bits per heavy atom. The van der Waals surface area contributed by atoms with Gasteiger partial charge in [-0.15, -0.1) is 0 Å². The Balaban J connectivity index is 1.75. The number of pyridine rings is 1. The number of nitrogens with zero attached hydrogens (tertiary/aromatic N) is 1. The number of esters is 1. The zero-order chi connectivity index (χ0) is 21.5. The lowest BCUT2D eigenvalue weighted by Gasteiger charge is -2.15. The maximum atomic E-state index is 12.8. The van der Waals surface area contributed by atoms with Crippen molar-refractivity contribution in [2.45, 2.75) is 33.0 Å². The number of rotatable bonds is 8. The summed E-state index contributed by atoms with van der Waals surface area (Å²) in [5.74, 6) is -0.326. The number of hydrogen-bond donors (Lipinski definition) is 1. The van der Waals surface area contributed by atoms with Crippen LogP contribution < -0.4 is 15.6 Å². The van der Waals surface area contributed by atoms with Gasteiger partial charge in [0.1, 0.15) is 12.3 Å². The molecule has 3 aromatic rings. The minimum absolute atomic E-state index is 0.0913. The Kier molecular flexibility index (Phi) is 6.85. The lowest BCUT2D eigenvalue weighted by molar-refractivity contribution is -0.150. The van der Waals surface area contributed by atoms with Crippen LogP contribution in [0.1, 0.15) is 19.4 Å². The third kappa shape index (κ3) is 5.05. The third-order valence-electron chi connectivity index (χ3n) is 4.55. The van der Waals surface area contributed by atoms with Gasteiger partial charge in [0, 0.05) is 18.1 Å². The van der Waals surface area contributed by atoms with Crippen molar-refractivity contribution in [3.8, 4) is 5.75 Å². The van der Waals surface area contributed by atoms with Crippen molar-refractivity contribution in [2.24, 2.45) is 0 Å². The number of nitrogens with one attached hydrogen (secondary N) is 1. The number of carbonyl (C=O) groups is 2. The average molecular weight is 408 g/mol. The highest BCUT2D eigenvalue weighted by molar-refractivity contribution is 5.88. The fourth-order valence-electron chi connectivity index (χ4n) is 3.02. The van der Waals surface area contributed by atoms with E-state index in [0.29, 0.717) is 23.1 Å². The fourth-order valence-corrected chi connectivity index (χ4v) is 3.02. The van der Waals surface area contributed by atoms with E-state index in [0.717, 1.165) is 5.56 Å². The second-order valence-corrected chi connectivity index (χ2v) is 6.74. The molecule has 0 saturated carbocycles. The van der Waals surface area contributed by atoms with Crippen LogP contribution in [0.4, 0.5) is 0 Å². The smallest absolute Gasteiger partial charge is 0.347 e. The molecule has 0 fully saturated rings. The molecule has 0 radical (unpaired) electrons. The van der Waals surface area contributed by atoms with Gasteiger partial charge < -0.3 is 19.4 Å². The summed E-state index contributed by atoms with van der Waals surface area (Å²) in [5, 5.41) is 3.78. The van der Waals surface area contributed by atoms with Crippen LogP contribution in [-0.2, 0) is 27.4 Å². The number of carbonyl (C=O) groups excluding carboxylic acids is 2. The van der Waals surface area contributed by atoms with Crippen molar-refractivity contribution < 1.29 is 19.1 Å². The van der Waals surface area contributed by atoms with Crippen molar-refractivity contribution in [2.75, 3.05) is 6.61 Å². The van der Waals surface area contributed by atoms with Gasteiger partial charge in [-0.3, -0.25) is 9.59 Å². The third-order valence-corrected chi connectivity index (χ3v) is 4.55. The maximum absolute atomic E-state index is 12.8. The molecule has 0 saturated heterocycles. The number of amides is 1. The van der Waals surface area contributed by atoms with Gasteiger partial charge in [0.25, 0.3) is 5.56 Å². The predicted octanol–water partition coefficient (Wildman–Crippen LogP) is 2.65.